The van der Waals surface area contributed by atoms with E-state index >= 15 is 0 Å². The summed E-state index contributed by atoms with van der Waals surface area (Å²) < 4.78 is 1.04. The van der Waals surface area contributed by atoms with Gasteiger partial charge in [0.15, 0.2) is 5.82 Å². The number of pyridine rings is 1. The fraction of sp³-hybridized carbons (Fsp3) is 0.0833. The predicted molar refractivity (Wildman–Crippen MR) is 83.5 cm³/mol. The number of nitrogens with one attached hydrogen (secondary N) is 2. The maximum atomic E-state index is 6.06. The summed E-state index contributed by atoms with van der Waals surface area (Å²) >= 11 is 15.4. The minimum atomic E-state index is 0.377. The van der Waals surface area contributed by atoms with Crippen LogP contribution in [-0.4, -0.2) is 4.98 Å². The van der Waals surface area contributed by atoms with Gasteiger partial charge in [0.2, 0.25) is 0 Å². The van der Waals surface area contributed by atoms with Crippen molar-refractivity contribution < 1.29 is 0 Å². The van der Waals surface area contributed by atoms with Crippen LogP contribution in [0.4, 0.5) is 11.6 Å². The number of aromatic nitrogens is 1. The molecule has 19 heavy (non-hydrogen) atoms. The maximum Gasteiger partial charge on any atom is 0.161 e. The zero-order chi connectivity index (χ0) is 13.8. The van der Waals surface area contributed by atoms with Gasteiger partial charge in [-0.25, -0.2) is 10.8 Å². The summed E-state index contributed by atoms with van der Waals surface area (Å²) in [5.41, 5.74) is 3.53. The van der Waals surface area contributed by atoms with Crippen LogP contribution in [0.25, 0.3) is 0 Å². The van der Waals surface area contributed by atoms with E-state index in [1.807, 2.05) is 24.3 Å². The first-order chi connectivity index (χ1) is 9.10. The van der Waals surface area contributed by atoms with Gasteiger partial charge in [0.1, 0.15) is 5.82 Å². The molecule has 0 unspecified atom stereocenters. The number of anilines is 2. The predicted octanol–water partition coefficient (Wildman–Crippen LogP) is 4.05. The Bertz CT molecular complexity index is 575. The summed E-state index contributed by atoms with van der Waals surface area (Å²) in [5.74, 6) is 6.23. The maximum absolute atomic E-state index is 6.06. The summed E-state index contributed by atoms with van der Waals surface area (Å²) in [6.45, 7) is 0.603. The molecule has 0 aliphatic heterocycles. The summed E-state index contributed by atoms with van der Waals surface area (Å²) in [6.07, 6.45) is 0. The van der Waals surface area contributed by atoms with Crippen LogP contribution in [0, 0.1) is 0 Å². The van der Waals surface area contributed by atoms with E-state index in [0.29, 0.717) is 28.2 Å². The number of hydrogen-bond donors (Lipinski definition) is 3. The number of halogens is 3. The summed E-state index contributed by atoms with van der Waals surface area (Å²) in [5, 5.41) is 3.96. The van der Waals surface area contributed by atoms with Crippen molar-refractivity contribution in [3.8, 4) is 0 Å². The van der Waals surface area contributed by atoms with E-state index in [1.54, 1.807) is 6.07 Å². The van der Waals surface area contributed by atoms with Gasteiger partial charge < -0.3 is 10.7 Å². The van der Waals surface area contributed by atoms with Gasteiger partial charge in [0, 0.05) is 11.0 Å². The molecule has 0 bridgehead atoms. The monoisotopic (exact) mass is 360 g/mol. The molecule has 0 atom stereocenters. The van der Waals surface area contributed by atoms with E-state index in [4.69, 9.17) is 29.0 Å². The van der Waals surface area contributed by atoms with Gasteiger partial charge >= 0.3 is 0 Å². The van der Waals surface area contributed by atoms with E-state index in [0.717, 1.165) is 10.0 Å². The molecule has 1 aromatic heterocycles. The van der Waals surface area contributed by atoms with E-state index in [9.17, 15) is 0 Å². The number of rotatable bonds is 4. The number of benzene rings is 1. The molecule has 2 rings (SSSR count). The Morgan fingerprint density at radius 1 is 1.11 bits per heavy atom. The molecule has 1 heterocycles. The van der Waals surface area contributed by atoms with Gasteiger partial charge in [-0.1, -0.05) is 51.3 Å². The molecule has 100 valence electrons. The fourth-order valence-corrected chi connectivity index (χ4v) is 2.22. The summed E-state index contributed by atoms with van der Waals surface area (Å²) in [7, 11) is 0. The van der Waals surface area contributed by atoms with Gasteiger partial charge in [-0.2, -0.15) is 0 Å². The largest absolute Gasteiger partial charge is 0.365 e. The van der Waals surface area contributed by atoms with Crippen LogP contribution in [-0.2, 0) is 6.54 Å². The highest BCUT2D eigenvalue weighted by Gasteiger charge is 2.08. The topological polar surface area (TPSA) is 63.0 Å². The van der Waals surface area contributed by atoms with Crippen LogP contribution in [0.3, 0.4) is 0 Å². The lowest BCUT2D eigenvalue weighted by atomic mass is 10.2. The third-order valence-electron chi connectivity index (χ3n) is 2.44. The Balaban J connectivity index is 2.13. The number of nitrogens with two attached hydrogens (primary N) is 1. The summed E-state index contributed by atoms with van der Waals surface area (Å²) in [4.78, 5) is 4.20. The van der Waals surface area contributed by atoms with Crippen molar-refractivity contribution in [2.75, 3.05) is 10.7 Å². The molecule has 0 fully saturated rings. The van der Waals surface area contributed by atoms with Gasteiger partial charge in [-0.3, -0.25) is 0 Å². The minimum absolute atomic E-state index is 0.377. The molecule has 0 spiro atoms. The first-order valence-corrected chi connectivity index (χ1v) is 6.96. The molecule has 0 aliphatic rings. The Kier molecular flexibility index (Phi) is 4.87. The Hall–Kier alpha value is -1.01. The van der Waals surface area contributed by atoms with Crippen molar-refractivity contribution in [3.63, 3.8) is 0 Å². The zero-order valence-corrected chi connectivity index (χ0v) is 12.9. The van der Waals surface area contributed by atoms with Crippen molar-refractivity contribution in [1.29, 1.82) is 0 Å². The van der Waals surface area contributed by atoms with E-state index in [1.165, 1.54) is 0 Å². The lowest BCUT2D eigenvalue weighted by Gasteiger charge is -2.10. The van der Waals surface area contributed by atoms with Gasteiger partial charge in [0.05, 0.1) is 10.0 Å². The molecule has 0 saturated carbocycles. The first-order valence-electron chi connectivity index (χ1n) is 5.41. The van der Waals surface area contributed by atoms with Crippen LogP contribution >= 0.6 is 39.1 Å². The molecule has 0 aliphatic carbocycles. The second-order valence-corrected chi connectivity index (χ2v) is 5.50. The highest BCUT2D eigenvalue weighted by Crippen LogP contribution is 2.28. The highest BCUT2D eigenvalue weighted by molar-refractivity contribution is 9.10. The molecule has 0 radical (unpaired) electrons. The quantitative estimate of drug-likeness (QED) is 0.567. The van der Waals surface area contributed by atoms with Crippen LogP contribution in [0.5, 0.6) is 0 Å². The summed E-state index contributed by atoms with van der Waals surface area (Å²) in [6, 6.07) is 9.54. The Morgan fingerprint density at radius 2 is 1.74 bits per heavy atom. The first kappa shape index (κ1) is 14.4. The second-order valence-electron chi connectivity index (χ2n) is 3.77. The van der Waals surface area contributed by atoms with E-state index < -0.39 is 0 Å². The third kappa shape index (κ3) is 3.73. The number of nitrogen functional groups attached to an aromatic ring is 1. The molecular formula is C12H11BrCl2N4. The third-order valence-corrected chi connectivity index (χ3v) is 3.54. The van der Waals surface area contributed by atoms with Crippen LogP contribution in [0.15, 0.2) is 34.8 Å². The number of hydrogen-bond acceptors (Lipinski definition) is 4. The van der Waals surface area contributed by atoms with Gasteiger partial charge in [-0.15, -0.1) is 0 Å². The molecule has 1 aromatic carbocycles. The van der Waals surface area contributed by atoms with Gasteiger partial charge in [-0.05, 0) is 23.8 Å². The van der Waals surface area contributed by atoms with Crippen molar-refractivity contribution in [2.45, 2.75) is 6.54 Å². The van der Waals surface area contributed by atoms with Crippen molar-refractivity contribution in [1.82, 2.24) is 4.98 Å². The fourth-order valence-electron chi connectivity index (χ4n) is 1.48. The molecule has 4 nitrogen and oxygen atoms in total. The van der Waals surface area contributed by atoms with Crippen molar-refractivity contribution in [2.24, 2.45) is 5.84 Å². The van der Waals surface area contributed by atoms with E-state index in [2.05, 4.69) is 31.7 Å². The van der Waals surface area contributed by atoms with E-state index in [-0.39, 0.29) is 0 Å². The average molecular weight is 362 g/mol. The SMILES string of the molecule is NNc1nc(NCc2ccc(Br)cc2)c(Cl)cc1Cl. The van der Waals surface area contributed by atoms with Crippen molar-refractivity contribution in [3.05, 3.63) is 50.4 Å². The Labute approximate surface area is 129 Å². The lowest BCUT2D eigenvalue weighted by molar-refractivity contribution is 1.10. The molecule has 7 heteroatoms. The van der Waals surface area contributed by atoms with Crippen LogP contribution in [0.1, 0.15) is 5.56 Å². The Morgan fingerprint density at radius 3 is 2.37 bits per heavy atom. The van der Waals surface area contributed by atoms with Crippen LogP contribution < -0.4 is 16.6 Å². The second kappa shape index (κ2) is 6.43. The number of hydrazine groups is 1. The minimum Gasteiger partial charge on any atom is -0.365 e. The van der Waals surface area contributed by atoms with Crippen molar-refractivity contribution >= 4 is 50.8 Å². The standard InChI is InChI=1S/C12H11BrCl2N4/c13-8-3-1-7(2-4-8)6-17-11-9(14)5-10(15)12(18-11)19-16/h1-5H,6,16H2,(H2,17,18,19). The molecule has 4 N–H and O–H groups in total. The van der Waals surface area contributed by atoms with Crippen LogP contribution in [0.2, 0.25) is 10.0 Å². The number of nitrogens with zero attached hydrogens (tertiary/aromatic N) is 1. The average Bonchev–Trinajstić information content (AvgIpc) is 2.40. The zero-order valence-electron chi connectivity index (χ0n) is 9.75. The smallest absolute Gasteiger partial charge is 0.161 e. The molecule has 2 aromatic rings. The normalized spacial score (nSPS) is 10.3. The molecule has 0 saturated heterocycles. The highest BCUT2D eigenvalue weighted by atomic mass is 79.9. The lowest BCUT2D eigenvalue weighted by Crippen LogP contribution is -2.11. The van der Waals surface area contributed by atoms with Gasteiger partial charge in [0.25, 0.3) is 0 Å². The molecule has 0 amide bonds. The molecular weight excluding hydrogens is 351 g/mol.